The van der Waals surface area contributed by atoms with Crippen molar-refractivity contribution >= 4 is 11.5 Å². The lowest BCUT2D eigenvalue weighted by molar-refractivity contribution is 0.801. The highest BCUT2D eigenvalue weighted by Gasteiger charge is 2.02. The van der Waals surface area contributed by atoms with E-state index in [0.29, 0.717) is 0 Å². The fourth-order valence-corrected chi connectivity index (χ4v) is 1.58. The number of aryl methyl sites for hydroxylation is 1. The van der Waals surface area contributed by atoms with Crippen molar-refractivity contribution in [2.75, 3.05) is 0 Å². The van der Waals surface area contributed by atoms with Gasteiger partial charge >= 0.3 is 0 Å². The van der Waals surface area contributed by atoms with Gasteiger partial charge in [-0.3, -0.25) is 0 Å². The third-order valence-corrected chi connectivity index (χ3v) is 2.44. The monoisotopic (exact) mass is 180 g/mol. The third-order valence-electron chi connectivity index (χ3n) is 1.63. The number of imidazole rings is 1. The number of nitrogens with zero attached hydrogens (tertiary/aromatic N) is 4. The zero-order valence-corrected chi connectivity index (χ0v) is 7.45. The van der Waals surface area contributed by atoms with Crippen LogP contribution in [0.15, 0.2) is 18.7 Å². The molecule has 0 aromatic carbocycles. The van der Waals surface area contributed by atoms with Crippen molar-refractivity contribution in [1.29, 1.82) is 0 Å². The van der Waals surface area contributed by atoms with Crippen LogP contribution in [-0.4, -0.2) is 19.1 Å². The minimum atomic E-state index is 0.823. The molecule has 0 unspecified atom stereocenters. The van der Waals surface area contributed by atoms with Gasteiger partial charge in [-0.1, -0.05) is 4.49 Å². The Labute approximate surface area is 74.0 Å². The molecule has 0 bridgehead atoms. The van der Waals surface area contributed by atoms with Crippen LogP contribution in [0.5, 0.6) is 0 Å². The first-order valence-electron chi connectivity index (χ1n) is 3.60. The molecule has 2 aromatic heterocycles. The first-order valence-corrected chi connectivity index (χ1v) is 4.37. The second kappa shape index (κ2) is 3.02. The Hall–Kier alpha value is -1.23. The molecule has 0 radical (unpaired) electrons. The summed E-state index contributed by atoms with van der Waals surface area (Å²) in [7, 11) is 0. The van der Waals surface area contributed by atoms with Crippen molar-refractivity contribution in [2.24, 2.45) is 0 Å². The van der Waals surface area contributed by atoms with E-state index in [2.05, 4.69) is 14.6 Å². The summed E-state index contributed by atoms with van der Waals surface area (Å²) in [5.41, 5.74) is 1.01. The molecule has 2 rings (SSSR count). The molecular weight excluding hydrogens is 172 g/mol. The minimum absolute atomic E-state index is 0.823. The maximum Gasteiger partial charge on any atom is 0.0949 e. The molecule has 0 aliphatic rings. The standard InChI is InChI=1S/C7H8N4S/c1-6-7(12-10-9-6)4-11-3-2-8-5-11/h2-3,5H,4H2,1H3. The molecule has 2 aromatic rings. The highest BCUT2D eigenvalue weighted by atomic mass is 32.1. The maximum absolute atomic E-state index is 3.96. The fraction of sp³-hybridized carbons (Fsp3) is 0.286. The first kappa shape index (κ1) is 7.42. The van der Waals surface area contributed by atoms with E-state index in [-0.39, 0.29) is 0 Å². The van der Waals surface area contributed by atoms with Crippen LogP contribution < -0.4 is 0 Å². The van der Waals surface area contributed by atoms with E-state index in [4.69, 9.17) is 0 Å². The van der Waals surface area contributed by atoms with Gasteiger partial charge in [0.2, 0.25) is 0 Å². The molecule has 0 spiro atoms. The Morgan fingerprint density at radius 2 is 2.50 bits per heavy atom. The largest absolute Gasteiger partial charge is 0.332 e. The highest BCUT2D eigenvalue weighted by Crippen LogP contribution is 2.10. The van der Waals surface area contributed by atoms with Gasteiger partial charge in [0.1, 0.15) is 0 Å². The van der Waals surface area contributed by atoms with Crippen LogP contribution >= 0.6 is 11.5 Å². The van der Waals surface area contributed by atoms with E-state index < -0.39 is 0 Å². The summed E-state index contributed by atoms with van der Waals surface area (Å²) in [5, 5.41) is 3.93. The van der Waals surface area contributed by atoms with Crippen molar-refractivity contribution in [3.63, 3.8) is 0 Å². The molecule has 0 aliphatic carbocycles. The molecular formula is C7H8N4S. The number of aromatic nitrogens is 4. The molecule has 5 heteroatoms. The van der Waals surface area contributed by atoms with Crippen LogP contribution in [0.4, 0.5) is 0 Å². The molecule has 4 nitrogen and oxygen atoms in total. The van der Waals surface area contributed by atoms with E-state index in [1.807, 2.05) is 17.7 Å². The summed E-state index contributed by atoms with van der Waals surface area (Å²) in [6.07, 6.45) is 5.49. The summed E-state index contributed by atoms with van der Waals surface area (Å²) < 4.78 is 5.86. The predicted molar refractivity (Wildman–Crippen MR) is 46.0 cm³/mol. The van der Waals surface area contributed by atoms with Crippen LogP contribution in [0.1, 0.15) is 10.6 Å². The van der Waals surface area contributed by atoms with E-state index in [9.17, 15) is 0 Å². The zero-order valence-electron chi connectivity index (χ0n) is 6.64. The normalized spacial score (nSPS) is 10.4. The van der Waals surface area contributed by atoms with Gasteiger partial charge in [0, 0.05) is 12.4 Å². The van der Waals surface area contributed by atoms with E-state index >= 15 is 0 Å². The lowest BCUT2D eigenvalue weighted by Gasteiger charge is -1.97. The lowest BCUT2D eigenvalue weighted by Crippen LogP contribution is -1.95. The topological polar surface area (TPSA) is 43.6 Å². The summed E-state index contributed by atoms with van der Waals surface area (Å²) in [4.78, 5) is 5.15. The number of hydrogen-bond donors (Lipinski definition) is 0. The summed E-state index contributed by atoms with van der Waals surface area (Å²) in [5.74, 6) is 0. The summed E-state index contributed by atoms with van der Waals surface area (Å²) >= 11 is 1.44. The Balaban J connectivity index is 2.20. The van der Waals surface area contributed by atoms with Crippen LogP contribution in [0, 0.1) is 6.92 Å². The number of rotatable bonds is 2. The van der Waals surface area contributed by atoms with Gasteiger partial charge < -0.3 is 4.57 Å². The van der Waals surface area contributed by atoms with Crippen LogP contribution in [-0.2, 0) is 6.54 Å². The molecule has 12 heavy (non-hydrogen) atoms. The van der Waals surface area contributed by atoms with Gasteiger partial charge in [0.15, 0.2) is 0 Å². The molecule has 0 saturated heterocycles. The maximum atomic E-state index is 3.96. The molecule has 0 atom stereocenters. The summed E-state index contributed by atoms with van der Waals surface area (Å²) in [6.45, 7) is 2.79. The van der Waals surface area contributed by atoms with Crippen LogP contribution in [0.3, 0.4) is 0 Å². The van der Waals surface area contributed by atoms with Gasteiger partial charge in [-0.2, -0.15) is 0 Å². The minimum Gasteiger partial charge on any atom is -0.332 e. The van der Waals surface area contributed by atoms with Crippen molar-refractivity contribution in [3.05, 3.63) is 29.3 Å². The zero-order chi connectivity index (χ0) is 8.39. The Morgan fingerprint density at radius 1 is 1.58 bits per heavy atom. The van der Waals surface area contributed by atoms with Crippen LogP contribution in [0.25, 0.3) is 0 Å². The molecule has 0 fully saturated rings. The lowest BCUT2D eigenvalue weighted by atomic mass is 10.4. The third kappa shape index (κ3) is 1.35. The Kier molecular flexibility index (Phi) is 1.87. The van der Waals surface area contributed by atoms with Gasteiger partial charge in [-0.05, 0) is 18.5 Å². The Morgan fingerprint density at radius 3 is 3.08 bits per heavy atom. The van der Waals surface area contributed by atoms with Gasteiger partial charge in [0.05, 0.1) is 23.4 Å². The smallest absolute Gasteiger partial charge is 0.0949 e. The fourth-order valence-electron chi connectivity index (χ4n) is 0.942. The molecule has 0 N–H and O–H groups in total. The summed E-state index contributed by atoms with van der Waals surface area (Å²) in [6, 6.07) is 0. The van der Waals surface area contributed by atoms with Gasteiger partial charge in [0.25, 0.3) is 0 Å². The van der Waals surface area contributed by atoms with Gasteiger partial charge in [-0.15, -0.1) is 5.10 Å². The SMILES string of the molecule is Cc1nnsc1Cn1ccnc1. The predicted octanol–water partition coefficient (Wildman–Crippen LogP) is 1.09. The number of hydrogen-bond acceptors (Lipinski definition) is 4. The average molecular weight is 180 g/mol. The molecule has 0 amide bonds. The van der Waals surface area contributed by atoms with E-state index in [1.54, 1.807) is 12.5 Å². The molecule has 62 valence electrons. The Bertz CT molecular complexity index is 351. The van der Waals surface area contributed by atoms with Crippen molar-refractivity contribution in [1.82, 2.24) is 19.1 Å². The van der Waals surface area contributed by atoms with Crippen LogP contribution in [0.2, 0.25) is 0 Å². The second-order valence-corrected chi connectivity index (χ2v) is 3.36. The quantitative estimate of drug-likeness (QED) is 0.695. The van der Waals surface area contributed by atoms with E-state index in [0.717, 1.165) is 12.2 Å². The second-order valence-electron chi connectivity index (χ2n) is 2.52. The molecule has 0 aliphatic heterocycles. The van der Waals surface area contributed by atoms with Crippen molar-refractivity contribution < 1.29 is 0 Å². The molecule has 2 heterocycles. The molecule has 0 saturated carbocycles. The first-order chi connectivity index (χ1) is 5.86. The van der Waals surface area contributed by atoms with E-state index in [1.165, 1.54) is 16.4 Å². The highest BCUT2D eigenvalue weighted by molar-refractivity contribution is 7.05. The van der Waals surface area contributed by atoms with Gasteiger partial charge in [-0.25, -0.2) is 4.98 Å². The average Bonchev–Trinajstić information content (AvgIpc) is 2.65. The van der Waals surface area contributed by atoms with Crippen molar-refractivity contribution in [3.8, 4) is 0 Å². The van der Waals surface area contributed by atoms with Crippen molar-refractivity contribution in [2.45, 2.75) is 13.5 Å².